The van der Waals surface area contributed by atoms with Crippen LogP contribution in [0.4, 0.5) is 46.7 Å². The first-order valence-electron chi connectivity index (χ1n) is 23.2. The summed E-state index contributed by atoms with van der Waals surface area (Å²) in [6, 6.07) is 62.4. The quantitative estimate of drug-likeness (QED) is 0.0597. The molecular weight excluding hydrogens is 931 g/mol. The molecule has 0 aliphatic carbocycles. The predicted octanol–water partition coefficient (Wildman–Crippen LogP) is 11.9. The van der Waals surface area contributed by atoms with Crippen LogP contribution in [0.5, 0.6) is 11.6 Å². The van der Waals surface area contributed by atoms with Crippen molar-refractivity contribution in [3.05, 3.63) is 222 Å². The summed E-state index contributed by atoms with van der Waals surface area (Å²) in [5, 5.41) is 22.2. The molecule has 2 amide bonds. The Morgan fingerprint density at radius 1 is 0.432 bits per heavy atom. The minimum absolute atomic E-state index is 0.0292. The molecule has 0 atom stereocenters. The molecule has 0 aliphatic heterocycles. The average molecular weight is 982 g/mol. The number of carbonyl (C=O) groups is 2. The van der Waals surface area contributed by atoms with Crippen LogP contribution in [-0.2, 0) is 0 Å². The lowest BCUT2D eigenvalue weighted by Crippen LogP contribution is -2.17. The largest absolute Gasteiger partial charge is 0.497 e. The van der Waals surface area contributed by atoms with E-state index in [-0.39, 0.29) is 29.5 Å². The van der Waals surface area contributed by atoms with Gasteiger partial charge in [-0.3, -0.25) is 20.0 Å². The van der Waals surface area contributed by atoms with Crippen molar-refractivity contribution in [3.63, 3.8) is 0 Å². The monoisotopic (exact) mass is 981 g/mol. The van der Waals surface area contributed by atoms with Gasteiger partial charge in [0.05, 0.1) is 14.2 Å². The minimum Gasteiger partial charge on any atom is -0.497 e. The van der Waals surface area contributed by atoms with E-state index in [4.69, 9.17) is 9.47 Å². The van der Waals surface area contributed by atoms with Crippen molar-refractivity contribution in [2.45, 2.75) is 13.8 Å². The summed E-state index contributed by atoms with van der Waals surface area (Å²) in [7, 11) is 3.08. The number of amides is 2. The fourth-order valence-electron chi connectivity index (χ4n) is 6.94. The molecule has 0 fully saturated rings. The Morgan fingerprint density at radius 2 is 0.919 bits per heavy atom. The lowest BCUT2D eigenvalue weighted by Gasteiger charge is -2.12. The van der Waals surface area contributed by atoms with E-state index in [0.717, 1.165) is 56.7 Å². The van der Waals surface area contributed by atoms with Crippen LogP contribution in [0.25, 0.3) is 22.8 Å². The zero-order chi connectivity index (χ0) is 51.5. The maximum Gasteiger partial charge on any atom is 0.258 e. The lowest BCUT2D eigenvalue weighted by atomic mass is 10.2. The minimum atomic E-state index is -0.362. The van der Waals surface area contributed by atoms with Crippen molar-refractivity contribution in [2.75, 3.05) is 40.8 Å². The predicted molar refractivity (Wildman–Crippen MR) is 290 cm³/mol. The number of hydrogen-bond acceptors (Lipinski definition) is 14. The van der Waals surface area contributed by atoms with Gasteiger partial charge in [0.2, 0.25) is 29.7 Å². The molecule has 0 radical (unpaired) electrons. The number of H-pyrrole nitrogens is 1. The van der Waals surface area contributed by atoms with Gasteiger partial charge in [-0.05, 0) is 97.8 Å². The second kappa shape index (κ2) is 25.0. The Balaban J connectivity index is 0.000000154. The molecule has 3 heterocycles. The average Bonchev–Trinajstić information content (AvgIpc) is 3.93. The van der Waals surface area contributed by atoms with Crippen LogP contribution >= 0.6 is 0 Å². The molecule has 10 aromatic rings. The number of methoxy groups -OCH3 is 2. The van der Waals surface area contributed by atoms with E-state index >= 15 is 0 Å². The third kappa shape index (κ3) is 14.6. The summed E-state index contributed by atoms with van der Waals surface area (Å²) in [5.74, 6) is 3.37. The maximum atomic E-state index is 12.3. The van der Waals surface area contributed by atoms with Gasteiger partial charge in [-0.1, -0.05) is 121 Å². The zero-order valence-corrected chi connectivity index (χ0v) is 40.8. The van der Waals surface area contributed by atoms with Crippen LogP contribution in [0.15, 0.2) is 200 Å². The van der Waals surface area contributed by atoms with Gasteiger partial charge in [-0.15, -0.1) is 0 Å². The summed E-state index contributed by atoms with van der Waals surface area (Å²) in [4.78, 5) is 50.9. The highest BCUT2D eigenvalue weighted by atomic mass is 16.5. The van der Waals surface area contributed by atoms with Crippen LogP contribution in [0.3, 0.4) is 0 Å². The van der Waals surface area contributed by atoms with Gasteiger partial charge in [-0.25, -0.2) is 4.98 Å². The lowest BCUT2D eigenvalue weighted by molar-refractivity contribution is 0.101. The molecule has 0 saturated heterocycles. The standard InChI is InChI=1S/C24H24N6O.C19H16N4O3.C14H11N3/c1-16-6-4-8-19(14-16)26-23-28-22(25-18-10-12-21(31-3)13-11-18)29-24(30-23)27-20-9-5-7-17(2)15-20;1-26-16-12-15(20-17(24)13-8-4-2-5-9-13)21-19(22-16)23-18(25)14-10-6-3-7-11-14;1-3-7-11(8-4-1)13-15-14(17-16-13)12-9-5-2-6-10-12/h4-15H,1-3H3,(H3,25,26,27,28,29,30);2-12H,1H3,(H2,20,21,22,23,24,25);1-10H,(H,15,16,17). The summed E-state index contributed by atoms with van der Waals surface area (Å²) >= 11 is 0. The van der Waals surface area contributed by atoms with Crippen LogP contribution in [0, 0.1) is 13.8 Å². The van der Waals surface area contributed by atoms with Gasteiger partial charge >= 0.3 is 0 Å². The van der Waals surface area contributed by atoms with Crippen LogP contribution in [-0.4, -0.2) is 66.1 Å². The third-order valence-corrected chi connectivity index (χ3v) is 10.5. The number of aromatic amines is 1. The SMILES string of the molecule is COc1cc(NC(=O)c2ccccc2)nc(NC(=O)c2ccccc2)n1.COc1ccc(Nc2nc(Nc3cccc(C)c3)nc(Nc3cccc(C)c3)n2)cc1.c1ccc(-c2n[nH]c(-c3ccccc3)n2)cc1. The van der Waals surface area contributed by atoms with Gasteiger partial charge in [0.25, 0.3) is 11.8 Å². The topological polar surface area (TPSA) is 219 Å². The molecule has 0 bridgehead atoms. The zero-order valence-electron chi connectivity index (χ0n) is 40.8. The molecule has 0 saturated carbocycles. The molecule has 3 aromatic heterocycles. The van der Waals surface area contributed by atoms with E-state index in [0.29, 0.717) is 29.0 Å². The van der Waals surface area contributed by atoms with Crippen LogP contribution in [0.1, 0.15) is 31.8 Å². The highest BCUT2D eigenvalue weighted by Crippen LogP contribution is 2.24. The van der Waals surface area contributed by atoms with Gasteiger partial charge < -0.3 is 30.7 Å². The number of nitrogens with one attached hydrogen (secondary N) is 6. The van der Waals surface area contributed by atoms with E-state index in [9.17, 15) is 9.59 Å². The fraction of sp³-hybridized carbons (Fsp3) is 0.0702. The number of anilines is 8. The number of rotatable bonds is 14. The first-order valence-corrected chi connectivity index (χ1v) is 23.2. The van der Waals surface area contributed by atoms with E-state index in [1.807, 2.05) is 159 Å². The number of benzene rings is 7. The smallest absolute Gasteiger partial charge is 0.258 e. The Bertz CT molecular complexity index is 3210. The van der Waals surface area contributed by atoms with Gasteiger partial charge in [-0.2, -0.15) is 30.0 Å². The van der Waals surface area contributed by atoms with E-state index in [1.54, 1.807) is 55.6 Å². The highest BCUT2D eigenvalue weighted by Gasteiger charge is 2.14. The maximum absolute atomic E-state index is 12.3. The Kier molecular flexibility index (Phi) is 16.9. The van der Waals surface area contributed by atoms with Crippen molar-refractivity contribution >= 4 is 58.5 Å². The number of ether oxygens (including phenoxy) is 2. The molecule has 6 N–H and O–H groups in total. The molecule has 0 aliphatic rings. The second-order valence-electron chi connectivity index (χ2n) is 16.1. The molecule has 17 nitrogen and oxygen atoms in total. The highest BCUT2D eigenvalue weighted by molar-refractivity contribution is 6.05. The van der Waals surface area contributed by atoms with E-state index in [1.165, 1.54) is 13.2 Å². The summed E-state index contributed by atoms with van der Waals surface area (Å²) < 4.78 is 10.3. The van der Waals surface area contributed by atoms with Crippen LogP contribution in [0.2, 0.25) is 0 Å². The number of nitrogens with zero attached hydrogens (tertiary/aromatic N) is 7. The van der Waals surface area contributed by atoms with Crippen molar-refractivity contribution in [1.29, 1.82) is 0 Å². The number of hydrogen-bond donors (Lipinski definition) is 6. The van der Waals surface area contributed by atoms with Gasteiger partial charge in [0.1, 0.15) is 11.6 Å². The van der Waals surface area contributed by atoms with Gasteiger partial charge in [0, 0.05) is 45.4 Å². The molecular formula is C57H51N13O4. The summed E-state index contributed by atoms with van der Waals surface area (Å²) in [5.41, 5.74) is 7.96. The first-order chi connectivity index (χ1) is 36.2. The molecule has 10 rings (SSSR count). The van der Waals surface area contributed by atoms with Crippen molar-refractivity contribution < 1.29 is 19.1 Å². The van der Waals surface area contributed by atoms with Gasteiger partial charge in [0.15, 0.2) is 11.6 Å². The van der Waals surface area contributed by atoms with Crippen molar-refractivity contribution in [3.8, 4) is 34.4 Å². The summed E-state index contributed by atoms with van der Waals surface area (Å²) in [6.45, 7) is 4.08. The van der Waals surface area contributed by atoms with E-state index in [2.05, 4.69) is 66.7 Å². The molecule has 17 heteroatoms. The fourth-order valence-corrected chi connectivity index (χ4v) is 6.94. The molecule has 7 aromatic carbocycles. The van der Waals surface area contributed by atoms with Crippen molar-refractivity contribution in [1.82, 2.24) is 40.1 Å². The molecule has 368 valence electrons. The number of carbonyl (C=O) groups excluding carboxylic acids is 2. The van der Waals surface area contributed by atoms with E-state index < -0.39 is 0 Å². The summed E-state index contributed by atoms with van der Waals surface area (Å²) in [6.07, 6.45) is 0. The first kappa shape index (κ1) is 50.1. The Labute approximate surface area is 427 Å². The van der Waals surface area contributed by atoms with Crippen molar-refractivity contribution in [2.24, 2.45) is 0 Å². The van der Waals surface area contributed by atoms with Crippen LogP contribution < -0.4 is 36.1 Å². The number of aryl methyl sites for hydroxylation is 2. The number of aromatic nitrogens is 8. The molecule has 0 spiro atoms. The normalized spacial score (nSPS) is 10.3. The second-order valence-corrected chi connectivity index (χ2v) is 16.1. The molecule has 74 heavy (non-hydrogen) atoms. The Hall–Kier alpha value is -10.3. The molecule has 0 unspecified atom stereocenters. The third-order valence-electron chi connectivity index (χ3n) is 10.5. The Morgan fingerprint density at radius 3 is 1.42 bits per heavy atom.